The van der Waals surface area contributed by atoms with Gasteiger partial charge in [-0.05, 0) is 40.5 Å². The van der Waals surface area contributed by atoms with Crippen molar-refractivity contribution in [1.29, 1.82) is 0 Å². The third-order valence-corrected chi connectivity index (χ3v) is 6.47. The summed E-state index contributed by atoms with van der Waals surface area (Å²) in [5.74, 6) is -0.374. The predicted molar refractivity (Wildman–Crippen MR) is 115 cm³/mol. The van der Waals surface area contributed by atoms with E-state index in [1.165, 1.54) is 7.11 Å². The molecule has 8 nitrogen and oxygen atoms in total. The second-order valence-corrected chi connectivity index (χ2v) is 8.63. The number of methoxy groups -OCH3 is 1. The summed E-state index contributed by atoms with van der Waals surface area (Å²) in [7, 11) is 1.35. The largest absolute Gasteiger partial charge is 0.465 e. The van der Waals surface area contributed by atoms with E-state index in [-0.39, 0.29) is 5.97 Å². The second-order valence-electron chi connectivity index (χ2n) is 8.22. The molecule has 2 heterocycles. The molecule has 32 heavy (non-hydrogen) atoms. The smallest absolute Gasteiger partial charge is 0.337 e. The second kappa shape index (κ2) is 9.44. The number of hydrogen-bond acceptors (Lipinski definition) is 8. The normalized spacial score (nSPS) is 27.9. The van der Waals surface area contributed by atoms with Crippen LogP contribution in [0.4, 0.5) is 0 Å². The van der Waals surface area contributed by atoms with Crippen LogP contribution in [0, 0.1) is 0 Å². The molecule has 0 bridgehead atoms. The van der Waals surface area contributed by atoms with Crippen molar-refractivity contribution < 1.29 is 34.7 Å². The van der Waals surface area contributed by atoms with E-state index in [4.69, 9.17) is 21.1 Å². The average molecular weight is 464 g/mol. The Labute approximate surface area is 190 Å². The minimum Gasteiger partial charge on any atom is -0.465 e. The van der Waals surface area contributed by atoms with Crippen LogP contribution in [0.25, 0.3) is 0 Å². The van der Waals surface area contributed by atoms with E-state index >= 15 is 0 Å². The topological polar surface area (TPSA) is 120 Å². The third kappa shape index (κ3) is 4.40. The van der Waals surface area contributed by atoms with E-state index in [1.807, 2.05) is 12.1 Å². The summed E-state index contributed by atoms with van der Waals surface area (Å²) < 4.78 is 10.5. The Hall–Kier alpha value is -2.04. The highest BCUT2D eigenvalue weighted by molar-refractivity contribution is 6.31. The number of halogens is 1. The molecule has 5 atom stereocenters. The molecule has 172 valence electrons. The van der Waals surface area contributed by atoms with Crippen molar-refractivity contribution >= 4 is 17.6 Å². The molecular formula is C23H26ClNO7. The number of benzene rings is 2. The SMILES string of the molecule is COC(=O)c1ccc2c(c1)CN(Cc1cc(C3OC(CO)C(O)C(O)C3O)ccc1Cl)C2. The van der Waals surface area contributed by atoms with Crippen LogP contribution >= 0.6 is 11.6 Å². The molecule has 0 saturated carbocycles. The fraction of sp³-hybridized carbons (Fsp3) is 0.435. The third-order valence-electron chi connectivity index (χ3n) is 6.10. The van der Waals surface area contributed by atoms with Crippen LogP contribution in [0.15, 0.2) is 36.4 Å². The lowest BCUT2D eigenvalue weighted by Crippen LogP contribution is -2.55. The van der Waals surface area contributed by atoms with Crippen molar-refractivity contribution in [3.63, 3.8) is 0 Å². The fourth-order valence-corrected chi connectivity index (χ4v) is 4.51. The van der Waals surface area contributed by atoms with Gasteiger partial charge in [0.05, 0.1) is 19.3 Å². The quantitative estimate of drug-likeness (QED) is 0.488. The predicted octanol–water partition coefficient (Wildman–Crippen LogP) is 1.16. The Morgan fingerprint density at radius 3 is 2.56 bits per heavy atom. The van der Waals surface area contributed by atoms with Crippen LogP contribution in [-0.4, -0.2) is 69.4 Å². The van der Waals surface area contributed by atoms with Gasteiger partial charge < -0.3 is 29.9 Å². The molecule has 4 N–H and O–H groups in total. The highest BCUT2D eigenvalue weighted by Crippen LogP contribution is 2.35. The van der Waals surface area contributed by atoms with Gasteiger partial charge in [0.25, 0.3) is 0 Å². The molecule has 2 aromatic rings. The van der Waals surface area contributed by atoms with Gasteiger partial charge in [0, 0.05) is 24.7 Å². The van der Waals surface area contributed by atoms with Crippen molar-refractivity contribution in [3.05, 3.63) is 69.2 Å². The summed E-state index contributed by atoms with van der Waals surface area (Å²) in [5, 5.41) is 40.5. The van der Waals surface area contributed by atoms with Crippen LogP contribution in [0.1, 0.15) is 38.7 Å². The Morgan fingerprint density at radius 2 is 1.84 bits per heavy atom. The summed E-state index contributed by atoms with van der Waals surface area (Å²) in [4.78, 5) is 14.0. The molecule has 1 fully saturated rings. The summed E-state index contributed by atoms with van der Waals surface area (Å²) in [6.07, 6.45) is -6.10. The van der Waals surface area contributed by atoms with Crippen molar-refractivity contribution in [2.45, 2.75) is 50.2 Å². The highest BCUT2D eigenvalue weighted by Gasteiger charge is 2.44. The van der Waals surface area contributed by atoms with Crippen LogP contribution in [0.3, 0.4) is 0 Å². The number of carbonyl (C=O) groups excluding carboxylic acids is 1. The number of carbonyl (C=O) groups is 1. The Balaban J connectivity index is 1.52. The zero-order chi connectivity index (χ0) is 23.0. The average Bonchev–Trinajstić information content (AvgIpc) is 3.20. The molecule has 9 heteroatoms. The Bertz CT molecular complexity index is 998. The van der Waals surface area contributed by atoms with Crippen molar-refractivity contribution in [1.82, 2.24) is 4.90 Å². The molecule has 0 spiro atoms. The first-order valence-electron chi connectivity index (χ1n) is 10.3. The van der Waals surface area contributed by atoms with Gasteiger partial charge >= 0.3 is 5.97 Å². The number of fused-ring (bicyclic) bond motifs is 1. The Morgan fingerprint density at radius 1 is 1.09 bits per heavy atom. The van der Waals surface area contributed by atoms with Gasteiger partial charge in [-0.25, -0.2) is 4.79 Å². The molecule has 2 aromatic carbocycles. The molecule has 0 radical (unpaired) electrons. The summed E-state index contributed by atoms with van der Waals surface area (Å²) >= 11 is 6.43. The molecule has 0 aliphatic carbocycles. The number of nitrogens with zero attached hydrogens (tertiary/aromatic N) is 1. The van der Waals surface area contributed by atoms with Crippen LogP contribution in [0.2, 0.25) is 5.02 Å². The zero-order valence-corrected chi connectivity index (χ0v) is 18.3. The first-order chi connectivity index (χ1) is 15.3. The standard InChI is InChI=1S/C23H26ClNO7/c1-31-23(30)13-2-3-14-8-25(9-15(14)7-13)10-16-6-12(4-5-17(16)24)22-21(29)20(28)19(27)18(11-26)32-22/h2-7,18-22,26-29H,8-11H2,1H3. The maximum Gasteiger partial charge on any atom is 0.337 e. The van der Waals surface area contributed by atoms with Gasteiger partial charge in [0.1, 0.15) is 30.5 Å². The van der Waals surface area contributed by atoms with Crippen LogP contribution < -0.4 is 0 Å². The van der Waals surface area contributed by atoms with Gasteiger partial charge in [-0.3, -0.25) is 4.90 Å². The number of ether oxygens (including phenoxy) is 2. The molecule has 0 amide bonds. The van der Waals surface area contributed by atoms with E-state index in [9.17, 15) is 25.2 Å². The minimum absolute atomic E-state index is 0.374. The van der Waals surface area contributed by atoms with Gasteiger partial charge in [-0.2, -0.15) is 0 Å². The van der Waals surface area contributed by atoms with E-state index in [0.29, 0.717) is 35.8 Å². The van der Waals surface area contributed by atoms with Crippen molar-refractivity contribution in [3.8, 4) is 0 Å². The molecule has 2 aliphatic heterocycles. The van der Waals surface area contributed by atoms with Gasteiger partial charge in [-0.15, -0.1) is 0 Å². The first-order valence-corrected chi connectivity index (χ1v) is 10.7. The minimum atomic E-state index is -1.44. The monoisotopic (exact) mass is 463 g/mol. The number of hydrogen-bond donors (Lipinski definition) is 4. The molecule has 4 rings (SSSR count). The number of esters is 1. The lowest BCUT2D eigenvalue weighted by molar-refractivity contribution is -0.231. The summed E-state index contributed by atoms with van der Waals surface area (Å²) in [6, 6.07) is 10.7. The maximum absolute atomic E-state index is 11.8. The highest BCUT2D eigenvalue weighted by atomic mass is 35.5. The van der Waals surface area contributed by atoms with Crippen molar-refractivity contribution in [2.75, 3.05) is 13.7 Å². The van der Waals surface area contributed by atoms with Crippen LogP contribution in [-0.2, 0) is 29.1 Å². The fourth-order valence-electron chi connectivity index (χ4n) is 4.33. The van der Waals surface area contributed by atoms with E-state index in [0.717, 1.165) is 16.7 Å². The first kappa shape index (κ1) is 23.1. The van der Waals surface area contributed by atoms with Gasteiger partial charge in [0.15, 0.2) is 0 Å². The zero-order valence-electron chi connectivity index (χ0n) is 17.5. The van der Waals surface area contributed by atoms with Gasteiger partial charge in [-0.1, -0.05) is 29.8 Å². The molecular weight excluding hydrogens is 438 g/mol. The molecule has 0 aromatic heterocycles. The molecule has 2 aliphatic rings. The van der Waals surface area contributed by atoms with Crippen LogP contribution in [0.5, 0.6) is 0 Å². The lowest BCUT2D eigenvalue weighted by atomic mass is 9.90. The maximum atomic E-state index is 11.8. The van der Waals surface area contributed by atoms with Crippen molar-refractivity contribution in [2.24, 2.45) is 0 Å². The summed E-state index contributed by atoms with van der Waals surface area (Å²) in [6.45, 7) is 1.37. The van der Waals surface area contributed by atoms with E-state index in [1.54, 1.807) is 24.3 Å². The Kier molecular flexibility index (Phi) is 6.83. The number of aliphatic hydroxyl groups excluding tert-OH is 4. The van der Waals surface area contributed by atoms with Gasteiger partial charge in [0.2, 0.25) is 0 Å². The van der Waals surface area contributed by atoms with E-state index < -0.39 is 37.1 Å². The summed E-state index contributed by atoms with van der Waals surface area (Å²) in [5.41, 5.74) is 4.08. The lowest BCUT2D eigenvalue weighted by Gasteiger charge is -2.40. The number of rotatable bonds is 5. The molecule has 1 saturated heterocycles. The van der Waals surface area contributed by atoms with E-state index in [2.05, 4.69) is 4.90 Å². The number of aliphatic hydroxyl groups is 4. The molecule has 5 unspecified atom stereocenters.